The van der Waals surface area contributed by atoms with Crippen LogP contribution in [0, 0.1) is 0 Å². The van der Waals surface area contributed by atoms with Gasteiger partial charge >= 0.3 is 0 Å². The molecule has 1 heterocycles. The Morgan fingerprint density at radius 2 is 1.11 bits per heavy atom. The third-order valence-corrected chi connectivity index (χ3v) is 9.07. The van der Waals surface area contributed by atoms with Crippen molar-refractivity contribution in [3.8, 4) is 0 Å². The van der Waals surface area contributed by atoms with E-state index in [9.17, 15) is 35.4 Å². The molecule has 0 bridgehead atoms. The second-order valence-corrected chi connectivity index (χ2v) is 13.2. The first kappa shape index (κ1) is 42.2. The lowest BCUT2D eigenvalue weighted by atomic mass is 9.99. The van der Waals surface area contributed by atoms with Crippen molar-refractivity contribution in [1.82, 2.24) is 5.32 Å². The Labute approximate surface area is 273 Å². The molecular formula is C35H69NO9. The van der Waals surface area contributed by atoms with E-state index in [0.717, 1.165) is 51.4 Å². The standard InChI is InChI=1S/C35H69NO9/c1-3-5-7-9-11-13-14-16-17-19-21-23-28(38)27(26-44-35-33(42)32(41)31(40)30(25-37)45-35)36-34(43)29(39)24-22-20-18-15-12-10-8-6-4-2/h27-33,35,37-42H,3-26H2,1-2H3,(H,36,43)/t27-,28+,29+,30+,31-,32-,33+,35-/m0/s1. The highest BCUT2D eigenvalue weighted by Crippen LogP contribution is 2.23. The van der Waals surface area contributed by atoms with E-state index in [1.54, 1.807) is 0 Å². The van der Waals surface area contributed by atoms with Gasteiger partial charge in [-0.25, -0.2) is 0 Å². The van der Waals surface area contributed by atoms with Gasteiger partial charge in [0, 0.05) is 0 Å². The zero-order chi connectivity index (χ0) is 33.3. The van der Waals surface area contributed by atoms with Gasteiger partial charge < -0.3 is 45.4 Å². The fourth-order valence-electron chi connectivity index (χ4n) is 5.93. The number of carbonyl (C=O) groups excluding carboxylic acids is 1. The van der Waals surface area contributed by atoms with Crippen molar-refractivity contribution in [2.75, 3.05) is 13.2 Å². The zero-order valence-corrected chi connectivity index (χ0v) is 28.5. The number of amides is 1. The molecule has 8 atom stereocenters. The molecule has 0 spiro atoms. The quantitative estimate of drug-likeness (QED) is 0.0572. The Hall–Kier alpha value is -0.850. The minimum absolute atomic E-state index is 0.252. The summed E-state index contributed by atoms with van der Waals surface area (Å²) < 4.78 is 11.1. The molecule has 0 aromatic rings. The van der Waals surface area contributed by atoms with E-state index < -0.39 is 61.5 Å². The first-order valence-electron chi connectivity index (χ1n) is 18.3. The lowest BCUT2D eigenvalue weighted by Gasteiger charge is -2.40. The van der Waals surface area contributed by atoms with E-state index in [2.05, 4.69) is 19.2 Å². The molecule has 0 aromatic carbocycles. The van der Waals surface area contributed by atoms with Crippen molar-refractivity contribution in [1.29, 1.82) is 0 Å². The highest BCUT2D eigenvalue weighted by atomic mass is 16.7. The molecule has 1 saturated heterocycles. The van der Waals surface area contributed by atoms with Crippen LogP contribution in [0.5, 0.6) is 0 Å². The highest BCUT2D eigenvalue weighted by Gasteiger charge is 2.44. The lowest BCUT2D eigenvalue weighted by molar-refractivity contribution is -0.302. The molecule has 1 aliphatic heterocycles. The summed E-state index contributed by atoms with van der Waals surface area (Å²) in [7, 11) is 0. The molecule has 7 N–H and O–H groups in total. The molecule has 10 heteroatoms. The van der Waals surface area contributed by atoms with Crippen LogP contribution in [0.3, 0.4) is 0 Å². The molecule has 1 fully saturated rings. The number of unbranched alkanes of at least 4 members (excludes halogenated alkanes) is 18. The number of rotatable bonds is 29. The van der Waals surface area contributed by atoms with Crippen LogP contribution in [0.2, 0.25) is 0 Å². The van der Waals surface area contributed by atoms with Crippen LogP contribution in [0.15, 0.2) is 0 Å². The maximum absolute atomic E-state index is 12.9. The summed E-state index contributed by atoms with van der Waals surface area (Å²) in [4.78, 5) is 12.9. The summed E-state index contributed by atoms with van der Waals surface area (Å²) in [6.45, 7) is 3.59. The average molecular weight is 648 g/mol. The van der Waals surface area contributed by atoms with Crippen LogP contribution in [0.1, 0.15) is 155 Å². The SMILES string of the molecule is CCCCCCCCCCCCC[C@@H](O)[C@H](CO[C@H]1O[C@H](CO)[C@H](O)[C@H](O)[C@H]1O)NC(=O)[C@H](O)CCCCCCCCCCC. The summed E-state index contributed by atoms with van der Waals surface area (Å²) in [6.07, 6.45) is 14.5. The molecule has 0 unspecified atom stereocenters. The maximum atomic E-state index is 12.9. The van der Waals surface area contributed by atoms with Crippen LogP contribution in [-0.4, -0.2) is 98.7 Å². The van der Waals surface area contributed by atoms with E-state index in [0.29, 0.717) is 12.8 Å². The van der Waals surface area contributed by atoms with Gasteiger partial charge in [0.2, 0.25) is 5.91 Å². The smallest absolute Gasteiger partial charge is 0.249 e. The second kappa shape index (κ2) is 27.1. The van der Waals surface area contributed by atoms with Crippen molar-refractivity contribution in [3.05, 3.63) is 0 Å². The Bertz CT molecular complexity index is 698. The number of carbonyl (C=O) groups is 1. The van der Waals surface area contributed by atoms with Crippen LogP contribution in [0.25, 0.3) is 0 Å². The first-order chi connectivity index (χ1) is 21.8. The molecule has 10 nitrogen and oxygen atoms in total. The third-order valence-electron chi connectivity index (χ3n) is 9.07. The van der Waals surface area contributed by atoms with Gasteiger partial charge in [-0.15, -0.1) is 0 Å². The predicted molar refractivity (Wildman–Crippen MR) is 177 cm³/mol. The topological polar surface area (TPSA) is 169 Å². The maximum Gasteiger partial charge on any atom is 0.249 e. The lowest BCUT2D eigenvalue weighted by Crippen LogP contribution is -2.60. The monoisotopic (exact) mass is 647 g/mol. The van der Waals surface area contributed by atoms with Gasteiger partial charge in [0.1, 0.15) is 30.5 Å². The fourth-order valence-corrected chi connectivity index (χ4v) is 5.93. The van der Waals surface area contributed by atoms with Crippen molar-refractivity contribution >= 4 is 5.91 Å². The second-order valence-electron chi connectivity index (χ2n) is 13.2. The van der Waals surface area contributed by atoms with E-state index in [-0.39, 0.29) is 6.61 Å². The number of nitrogens with one attached hydrogen (secondary N) is 1. The van der Waals surface area contributed by atoms with Crippen molar-refractivity contribution < 1.29 is 44.9 Å². The Balaban J connectivity index is 2.53. The van der Waals surface area contributed by atoms with E-state index >= 15 is 0 Å². The van der Waals surface area contributed by atoms with E-state index in [1.165, 1.54) is 77.0 Å². The van der Waals surface area contributed by atoms with Crippen molar-refractivity contribution in [2.45, 2.75) is 204 Å². The number of hydrogen-bond acceptors (Lipinski definition) is 9. The summed E-state index contributed by atoms with van der Waals surface area (Å²) in [5.41, 5.74) is 0. The molecule has 0 saturated carbocycles. The predicted octanol–water partition coefficient (Wildman–Crippen LogP) is 4.63. The molecule has 1 aliphatic rings. The number of aliphatic hydroxyl groups is 6. The number of aliphatic hydroxyl groups excluding tert-OH is 6. The summed E-state index contributed by atoms with van der Waals surface area (Å²) in [5, 5.41) is 64.2. The Morgan fingerprint density at radius 3 is 1.58 bits per heavy atom. The number of ether oxygens (including phenoxy) is 2. The summed E-state index contributed by atoms with van der Waals surface area (Å²) in [6, 6.07) is -0.884. The van der Waals surface area contributed by atoms with E-state index in [1.807, 2.05) is 0 Å². The normalized spacial score (nSPS) is 24.0. The van der Waals surface area contributed by atoms with Crippen LogP contribution in [-0.2, 0) is 14.3 Å². The molecule has 268 valence electrons. The molecule has 45 heavy (non-hydrogen) atoms. The van der Waals surface area contributed by atoms with Gasteiger partial charge in [0.25, 0.3) is 0 Å². The van der Waals surface area contributed by atoms with Crippen molar-refractivity contribution in [2.24, 2.45) is 0 Å². The van der Waals surface area contributed by atoms with Crippen LogP contribution < -0.4 is 5.32 Å². The molecular weight excluding hydrogens is 578 g/mol. The molecule has 0 radical (unpaired) electrons. The van der Waals surface area contributed by atoms with Gasteiger partial charge in [-0.1, -0.05) is 142 Å². The average Bonchev–Trinajstić information content (AvgIpc) is 3.04. The van der Waals surface area contributed by atoms with Crippen LogP contribution in [0.4, 0.5) is 0 Å². The minimum Gasteiger partial charge on any atom is -0.394 e. The van der Waals surface area contributed by atoms with Crippen molar-refractivity contribution in [3.63, 3.8) is 0 Å². The summed E-state index contributed by atoms with van der Waals surface area (Å²) >= 11 is 0. The van der Waals surface area contributed by atoms with Gasteiger partial charge in [0.05, 0.1) is 25.4 Å². The Kier molecular flexibility index (Phi) is 25.4. The molecule has 1 rings (SSSR count). The minimum atomic E-state index is -1.59. The van der Waals surface area contributed by atoms with Gasteiger partial charge in [-0.3, -0.25) is 4.79 Å². The van der Waals surface area contributed by atoms with Crippen LogP contribution >= 0.6 is 0 Å². The third kappa shape index (κ3) is 18.9. The molecule has 0 aliphatic carbocycles. The van der Waals surface area contributed by atoms with E-state index in [4.69, 9.17) is 9.47 Å². The Morgan fingerprint density at radius 1 is 0.667 bits per heavy atom. The largest absolute Gasteiger partial charge is 0.394 e. The van der Waals surface area contributed by atoms with Gasteiger partial charge in [0.15, 0.2) is 6.29 Å². The van der Waals surface area contributed by atoms with Gasteiger partial charge in [-0.2, -0.15) is 0 Å². The highest BCUT2D eigenvalue weighted by molar-refractivity contribution is 5.80. The molecule has 0 aromatic heterocycles. The molecule has 1 amide bonds. The number of hydrogen-bond donors (Lipinski definition) is 7. The zero-order valence-electron chi connectivity index (χ0n) is 28.5. The fraction of sp³-hybridized carbons (Fsp3) is 0.971. The summed E-state index contributed by atoms with van der Waals surface area (Å²) in [5.74, 6) is -0.588. The van der Waals surface area contributed by atoms with Gasteiger partial charge in [-0.05, 0) is 12.8 Å². The first-order valence-corrected chi connectivity index (χ1v) is 18.3.